The van der Waals surface area contributed by atoms with E-state index in [0.29, 0.717) is 42.3 Å². The molecule has 0 atom stereocenters. The number of rotatable bonds is 7. The third kappa shape index (κ3) is 4.41. The van der Waals surface area contributed by atoms with Gasteiger partial charge in [0.1, 0.15) is 5.75 Å². The molecule has 3 rings (SSSR count). The number of carbonyl (C=O) groups excluding carboxylic acids is 3. The van der Waals surface area contributed by atoms with Crippen molar-refractivity contribution >= 4 is 35.8 Å². The number of likely N-dealkylation sites (N-methyl/N-ethyl adjacent to an activating group) is 2. The normalized spacial score (nSPS) is 12.4. The standard InChI is InChI=1S/C21H23N3O4.ClH/c1-4-28-16-8-6-15(7-9-16)24-20(26)17-10-5-14(13-18(17)21(24)27)19(25)23(3)12-11-22-2;/h5-10,13,22H,4,11-12H2,1-3H3;1H. The van der Waals surface area contributed by atoms with Crippen LogP contribution < -0.4 is 15.0 Å². The van der Waals surface area contributed by atoms with Crippen LogP contribution in [0.2, 0.25) is 0 Å². The molecular weight excluding hydrogens is 394 g/mol. The van der Waals surface area contributed by atoms with Gasteiger partial charge >= 0.3 is 0 Å². The molecule has 0 spiro atoms. The van der Waals surface area contributed by atoms with Crippen LogP contribution in [-0.2, 0) is 0 Å². The highest BCUT2D eigenvalue weighted by Gasteiger charge is 2.37. The van der Waals surface area contributed by atoms with Gasteiger partial charge in [0.2, 0.25) is 0 Å². The van der Waals surface area contributed by atoms with E-state index in [4.69, 9.17) is 4.74 Å². The molecule has 0 bridgehead atoms. The second-order valence-corrected chi connectivity index (χ2v) is 6.46. The van der Waals surface area contributed by atoms with Crippen LogP contribution in [0.5, 0.6) is 5.75 Å². The monoisotopic (exact) mass is 417 g/mol. The molecule has 2 aromatic rings. The van der Waals surface area contributed by atoms with Gasteiger partial charge in [-0.1, -0.05) is 0 Å². The Labute approximate surface area is 176 Å². The largest absolute Gasteiger partial charge is 0.494 e. The first-order chi connectivity index (χ1) is 13.5. The third-order valence-electron chi connectivity index (χ3n) is 4.58. The fraction of sp³-hybridized carbons (Fsp3) is 0.286. The summed E-state index contributed by atoms with van der Waals surface area (Å²) in [4.78, 5) is 40.9. The Morgan fingerprint density at radius 2 is 1.72 bits per heavy atom. The molecular formula is C21H24ClN3O4. The topological polar surface area (TPSA) is 79.0 Å². The predicted octanol–water partition coefficient (Wildman–Crippen LogP) is 2.60. The van der Waals surface area contributed by atoms with Gasteiger partial charge in [-0.15, -0.1) is 12.4 Å². The Bertz CT molecular complexity index is 915. The number of nitrogens with zero attached hydrogens (tertiary/aromatic N) is 2. The fourth-order valence-corrected chi connectivity index (χ4v) is 3.07. The maximum absolute atomic E-state index is 12.9. The quantitative estimate of drug-likeness (QED) is 0.700. The van der Waals surface area contributed by atoms with Gasteiger partial charge in [0.25, 0.3) is 17.7 Å². The highest BCUT2D eigenvalue weighted by Crippen LogP contribution is 2.30. The summed E-state index contributed by atoms with van der Waals surface area (Å²) in [5.74, 6) is -0.360. The van der Waals surface area contributed by atoms with E-state index in [2.05, 4.69) is 5.32 Å². The summed E-state index contributed by atoms with van der Waals surface area (Å²) >= 11 is 0. The Hall–Kier alpha value is -2.90. The number of halogens is 1. The number of amides is 3. The smallest absolute Gasteiger partial charge is 0.266 e. The van der Waals surface area contributed by atoms with Crippen molar-refractivity contribution in [3.8, 4) is 5.75 Å². The lowest BCUT2D eigenvalue weighted by Gasteiger charge is -2.17. The number of imide groups is 1. The minimum atomic E-state index is -0.434. The first-order valence-electron chi connectivity index (χ1n) is 9.13. The lowest BCUT2D eigenvalue weighted by atomic mass is 10.0. The van der Waals surface area contributed by atoms with Crippen molar-refractivity contribution in [2.75, 3.05) is 38.7 Å². The van der Waals surface area contributed by atoms with Gasteiger partial charge in [-0.25, -0.2) is 4.90 Å². The number of nitrogens with one attached hydrogen (secondary N) is 1. The minimum Gasteiger partial charge on any atom is -0.494 e. The van der Waals surface area contributed by atoms with E-state index in [0.717, 1.165) is 4.90 Å². The summed E-state index contributed by atoms with van der Waals surface area (Å²) in [5.41, 5.74) is 1.39. The average Bonchev–Trinajstić information content (AvgIpc) is 2.96. The highest BCUT2D eigenvalue weighted by molar-refractivity contribution is 6.34. The van der Waals surface area contributed by atoms with Crippen LogP contribution in [0.4, 0.5) is 5.69 Å². The molecule has 2 aromatic carbocycles. The van der Waals surface area contributed by atoms with Gasteiger partial charge in [0, 0.05) is 25.7 Å². The zero-order valence-electron chi connectivity index (χ0n) is 16.6. The maximum Gasteiger partial charge on any atom is 0.266 e. The van der Waals surface area contributed by atoms with Gasteiger partial charge in [-0.2, -0.15) is 0 Å². The molecule has 0 aromatic heterocycles. The molecule has 1 N–H and O–H groups in total. The number of benzene rings is 2. The van der Waals surface area contributed by atoms with E-state index in [1.54, 1.807) is 48.3 Å². The van der Waals surface area contributed by atoms with Crippen LogP contribution in [-0.4, -0.2) is 56.4 Å². The number of anilines is 1. The fourth-order valence-electron chi connectivity index (χ4n) is 3.07. The van der Waals surface area contributed by atoms with Gasteiger partial charge in [-0.05, 0) is 56.4 Å². The van der Waals surface area contributed by atoms with E-state index in [-0.39, 0.29) is 23.9 Å². The lowest BCUT2D eigenvalue weighted by molar-refractivity contribution is 0.0796. The van der Waals surface area contributed by atoms with Crippen LogP contribution in [0.1, 0.15) is 38.0 Å². The molecule has 154 valence electrons. The summed E-state index contributed by atoms with van der Waals surface area (Å²) < 4.78 is 5.40. The molecule has 29 heavy (non-hydrogen) atoms. The van der Waals surface area contributed by atoms with Crippen molar-refractivity contribution in [1.82, 2.24) is 10.2 Å². The van der Waals surface area contributed by atoms with Crippen LogP contribution in [0.25, 0.3) is 0 Å². The first kappa shape index (κ1) is 22.4. The van der Waals surface area contributed by atoms with Crippen LogP contribution in [0.15, 0.2) is 42.5 Å². The first-order valence-corrected chi connectivity index (χ1v) is 9.13. The van der Waals surface area contributed by atoms with Crippen molar-refractivity contribution in [2.45, 2.75) is 6.92 Å². The molecule has 0 unspecified atom stereocenters. The molecule has 1 aliphatic rings. The second kappa shape index (κ2) is 9.54. The molecule has 0 radical (unpaired) electrons. The minimum absolute atomic E-state index is 0. The van der Waals surface area contributed by atoms with Gasteiger partial charge < -0.3 is 15.0 Å². The predicted molar refractivity (Wildman–Crippen MR) is 113 cm³/mol. The maximum atomic E-state index is 12.9. The summed E-state index contributed by atoms with van der Waals surface area (Å²) in [6.45, 7) is 3.62. The Balaban J connectivity index is 0.00000300. The molecule has 0 aliphatic carbocycles. The third-order valence-corrected chi connectivity index (χ3v) is 4.58. The Morgan fingerprint density at radius 1 is 1.07 bits per heavy atom. The van der Waals surface area contributed by atoms with Crippen molar-refractivity contribution in [1.29, 1.82) is 0 Å². The van der Waals surface area contributed by atoms with Gasteiger partial charge in [0.05, 0.1) is 23.4 Å². The number of ether oxygens (including phenoxy) is 1. The van der Waals surface area contributed by atoms with Crippen molar-refractivity contribution in [2.24, 2.45) is 0 Å². The summed E-state index contributed by atoms with van der Waals surface area (Å²) in [5, 5.41) is 2.99. The zero-order chi connectivity index (χ0) is 20.3. The molecule has 0 saturated carbocycles. The van der Waals surface area contributed by atoms with Gasteiger partial charge in [0.15, 0.2) is 0 Å². The van der Waals surface area contributed by atoms with E-state index in [1.165, 1.54) is 6.07 Å². The number of hydrogen-bond donors (Lipinski definition) is 1. The number of fused-ring (bicyclic) bond motifs is 1. The van der Waals surface area contributed by atoms with Crippen molar-refractivity contribution in [3.63, 3.8) is 0 Å². The molecule has 0 fully saturated rings. The van der Waals surface area contributed by atoms with Crippen molar-refractivity contribution < 1.29 is 19.1 Å². The van der Waals surface area contributed by atoms with E-state index < -0.39 is 11.8 Å². The van der Waals surface area contributed by atoms with Crippen molar-refractivity contribution in [3.05, 3.63) is 59.2 Å². The summed E-state index contributed by atoms with van der Waals surface area (Å²) in [7, 11) is 3.51. The molecule has 3 amide bonds. The number of carbonyl (C=O) groups is 3. The van der Waals surface area contributed by atoms with E-state index in [1.807, 2.05) is 14.0 Å². The molecule has 1 aliphatic heterocycles. The zero-order valence-corrected chi connectivity index (χ0v) is 17.4. The average molecular weight is 418 g/mol. The lowest BCUT2D eigenvalue weighted by Crippen LogP contribution is -2.32. The van der Waals surface area contributed by atoms with E-state index in [9.17, 15) is 14.4 Å². The second-order valence-electron chi connectivity index (χ2n) is 6.46. The molecule has 8 heteroatoms. The van der Waals surface area contributed by atoms with Crippen LogP contribution >= 0.6 is 12.4 Å². The van der Waals surface area contributed by atoms with Gasteiger partial charge in [-0.3, -0.25) is 14.4 Å². The summed E-state index contributed by atoms with van der Waals surface area (Å²) in [6, 6.07) is 11.4. The van der Waals surface area contributed by atoms with E-state index >= 15 is 0 Å². The molecule has 7 nitrogen and oxygen atoms in total. The number of hydrogen-bond acceptors (Lipinski definition) is 5. The Kier molecular flexibility index (Phi) is 7.36. The Morgan fingerprint density at radius 3 is 2.34 bits per heavy atom. The molecule has 0 saturated heterocycles. The molecule has 1 heterocycles. The highest BCUT2D eigenvalue weighted by atomic mass is 35.5. The SMILES string of the molecule is CCOc1ccc(N2C(=O)c3ccc(C(=O)N(C)CCNC)cc3C2=O)cc1.Cl. The van der Waals surface area contributed by atoms with Crippen LogP contribution in [0.3, 0.4) is 0 Å². The summed E-state index contributed by atoms with van der Waals surface area (Å²) in [6.07, 6.45) is 0. The van der Waals surface area contributed by atoms with Crippen LogP contribution in [0, 0.1) is 0 Å².